The Morgan fingerprint density at radius 2 is 1.74 bits per heavy atom. The van der Waals surface area contributed by atoms with Gasteiger partial charge in [0, 0.05) is 35.5 Å². The number of nitrogens with one attached hydrogen (secondary N) is 2. The number of likely N-dealkylation sites (N-methyl/N-ethyl adjacent to an activating group) is 1. The third-order valence-corrected chi connectivity index (χ3v) is 4.72. The van der Waals surface area contributed by atoms with E-state index in [0.717, 1.165) is 11.3 Å². The van der Waals surface area contributed by atoms with Crippen molar-refractivity contribution in [3.8, 4) is 17.0 Å². The Labute approximate surface area is 185 Å². The van der Waals surface area contributed by atoms with Crippen LogP contribution >= 0.6 is 11.6 Å². The first kappa shape index (κ1) is 22.3. The van der Waals surface area contributed by atoms with Crippen LogP contribution in [0.2, 0.25) is 5.02 Å². The van der Waals surface area contributed by atoms with Crippen LogP contribution in [0.4, 0.5) is 11.5 Å². The number of halogens is 1. The molecule has 0 aliphatic rings. The van der Waals surface area contributed by atoms with E-state index in [-0.39, 0.29) is 24.9 Å². The average molecular weight is 442 g/mol. The van der Waals surface area contributed by atoms with Gasteiger partial charge in [0.25, 0.3) is 0 Å². The highest BCUT2D eigenvalue weighted by Gasteiger charge is 2.14. The lowest BCUT2D eigenvalue weighted by Crippen LogP contribution is -2.36. The molecule has 162 valence electrons. The Hall–Kier alpha value is -3.36. The molecule has 0 saturated carbocycles. The monoisotopic (exact) mass is 441 g/mol. The third kappa shape index (κ3) is 6.31. The van der Waals surface area contributed by atoms with Crippen molar-refractivity contribution in [3.05, 3.63) is 59.6 Å². The van der Waals surface area contributed by atoms with Crippen molar-refractivity contribution in [2.24, 2.45) is 7.05 Å². The minimum absolute atomic E-state index is 0.0486. The van der Waals surface area contributed by atoms with Gasteiger partial charge >= 0.3 is 0 Å². The molecular weight excluding hydrogens is 418 g/mol. The summed E-state index contributed by atoms with van der Waals surface area (Å²) >= 11 is 5.93. The number of carbonyl (C=O) groups is 2. The number of aryl methyl sites for hydroxylation is 1. The van der Waals surface area contributed by atoms with Gasteiger partial charge in [0.1, 0.15) is 11.6 Å². The number of hydrogen-bond donors (Lipinski definition) is 2. The van der Waals surface area contributed by atoms with Gasteiger partial charge in [0.05, 0.1) is 25.9 Å². The number of methoxy groups -OCH3 is 1. The molecule has 8 nitrogen and oxygen atoms in total. The lowest BCUT2D eigenvalue weighted by molar-refractivity contribution is -0.119. The number of aromatic nitrogens is 2. The molecule has 31 heavy (non-hydrogen) atoms. The molecule has 2 aromatic carbocycles. The predicted octanol–water partition coefficient (Wildman–Crippen LogP) is 3.26. The van der Waals surface area contributed by atoms with Gasteiger partial charge in [-0.15, -0.1) is 0 Å². The normalized spacial score (nSPS) is 10.7. The van der Waals surface area contributed by atoms with Crippen LogP contribution in [0.1, 0.15) is 0 Å². The number of carbonyl (C=O) groups excluding carboxylic acids is 2. The molecule has 2 N–H and O–H groups in total. The molecule has 1 heterocycles. The first-order valence-corrected chi connectivity index (χ1v) is 9.94. The maximum absolute atomic E-state index is 12.4. The fourth-order valence-electron chi connectivity index (χ4n) is 2.98. The minimum atomic E-state index is -0.248. The topological polar surface area (TPSA) is 88.5 Å². The third-order valence-electron chi connectivity index (χ3n) is 4.47. The van der Waals surface area contributed by atoms with Crippen molar-refractivity contribution in [3.63, 3.8) is 0 Å². The van der Waals surface area contributed by atoms with Crippen molar-refractivity contribution in [1.82, 2.24) is 14.7 Å². The molecule has 0 fully saturated rings. The zero-order chi connectivity index (χ0) is 22.4. The lowest BCUT2D eigenvalue weighted by Gasteiger charge is -2.16. The predicted molar refractivity (Wildman–Crippen MR) is 121 cm³/mol. The summed E-state index contributed by atoms with van der Waals surface area (Å²) in [6, 6.07) is 16.2. The van der Waals surface area contributed by atoms with Gasteiger partial charge in [0.15, 0.2) is 0 Å². The number of amides is 2. The zero-order valence-corrected chi connectivity index (χ0v) is 18.3. The minimum Gasteiger partial charge on any atom is -0.497 e. The summed E-state index contributed by atoms with van der Waals surface area (Å²) in [5.41, 5.74) is 2.25. The van der Waals surface area contributed by atoms with E-state index >= 15 is 0 Å². The van der Waals surface area contributed by atoms with E-state index < -0.39 is 0 Å². The molecule has 1 aromatic heterocycles. The highest BCUT2D eigenvalue weighted by Crippen LogP contribution is 2.23. The summed E-state index contributed by atoms with van der Waals surface area (Å²) in [4.78, 5) is 26.3. The second kappa shape index (κ2) is 10.1. The molecule has 0 aliphatic carbocycles. The van der Waals surface area contributed by atoms with Crippen LogP contribution in [-0.2, 0) is 16.6 Å². The number of nitrogens with zero attached hydrogens (tertiary/aromatic N) is 3. The first-order chi connectivity index (χ1) is 14.8. The lowest BCUT2D eigenvalue weighted by atomic mass is 10.1. The second-order valence-electron chi connectivity index (χ2n) is 7.05. The van der Waals surface area contributed by atoms with Crippen molar-refractivity contribution < 1.29 is 14.3 Å². The van der Waals surface area contributed by atoms with Crippen LogP contribution in [0.25, 0.3) is 11.3 Å². The largest absolute Gasteiger partial charge is 0.497 e. The van der Waals surface area contributed by atoms with Crippen LogP contribution in [-0.4, -0.2) is 53.7 Å². The maximum atomic E-state index is 12.4. The van der Waals surface area contributed by atoms with Crippen LogP contribution < -0.4 is 15.4 Å². The van der Waals surface area contributed by atoms with E-state index in [4.69, 9.17) is 16.3 Å². The van der Waals surface area contributed by atoms with Crippen LogP contribution in [0.5, 0.6) is 5.75 Å². The average Bonchev–Trinajstić information content (AvgIpc) is 3.08. The summed E-state index contributed by atoms with van der Waals surface area (Å²) in [6.07, 6.45) is 0. The quantitative estimate of drug-likeness (QED) is 0.560. The Bertz CT molecular complexity index is 1070. The molecule has 3 aromatic rings. The number of hydrogen-bond acceptors (Lipinski definition) is 5. The summed E-state index contributed by atoms with van der Waals surface area (Å²) < 4.78 is 6.74. The summed E-state index contributed by atoms with van der Waals surface area (Å²) in [6.45, 7) is 0.110. The molecule has 2 amide bonds. The van der Waals surface area contributed by atoms with E-state index in [1.165, 1.54) is 0 Å². The molecule has 0 spiro atoms. The number of ether oxygens (including phenoxy) is 1. The van der Waals surface area contributed by atoms with Gasteiger partial charge in [-0.05, 0) is 31.3 Å². The summed E-state index contributed by atoms with van der Waals surface area (Å²) in [5.74, 6) is 0.736. The van der Waals surface area contributed by atoms with Gasteiger partial charge in [-0.3, -0.25) is 19.2 Å². The molecule has 0 unspecified atom stereocenters. The Morgan fingerprint density at radius 3 is 2.42 bits per heavy atom. The maximum Gasteiger partial charge on any atom is 0.239 e. The fraction of sp³-hybridized carbons (Fsp3) is 0.227. The molecule has 0 aliphatic heterocycles. The van der Waals surface area contributed by atoms with Gasteiger partial charge in [-0.1, -0.05) is 29.8 Å². The van der Waals surface area contributed by atoms with E-state index in [2.05, 4.69) is 15.7 Å². The summed E-state index contributed by atoms with van der Waals surface area (Å²) in [7, 11) is 5.02. The number of benzene rings is 2. The van der Waals surface area contributed by atoms with E-state index in [9.17, 15) is 9.59 Å². The van der Waals surface area contributed by atoms with Crippen LogP contribution in [0.3, 0.4) is 0 Å². The highest BCUT2D eigenvalue weighted by molar-refractivity contribution is 6.30. The Kier molecular flexibility index (Phi) is 7.28. The van der Waals surface area contributed by atoms with Gasteiger partial charge in [-0.2, -0.15) is 5.10 Å². The van der Waals surface area contributed by atoms with Crippen LogP contribution in [0, 0.1) is 0 Å². The smallest absolute Gasteiger partial charge is 0.239 e. The number of anilines is 2. The number of rotatable bonds is 8. The zero-order valence-electron chi connectivity index (χ0n) is 17.6. The standard InChI is InChI=1S/C22H24ClN5O3/c1-27(13-21(29)24-17-5-4-6-18(11-17)31-3)14-22(30)25-20-12-19(26-28(20)2)15-7-9-16(23)10-8-15/h4-12H,13-14H2,1-3H3,(H,24,29)(H,25,30). The molecule has 0 atom stereocenters. The molecule has 0 bridgehead atoms. The van der Waals surface area contributed by atoms with Crippen molar-refractivity contribution in [2.75, 3.05) is 37.9 Å². The fourth-order valence-corrected chi connectivity index (χ4v) is 3.10. The first-order valence-electron chi connectivity index (χ1n) is 9.56. The van der Waals surface area contributed by atoms with E-state index in [1.807, 2.05) is 12.1 Å². The molecule has 0 radical (unpaired) electrons. The highest BCUT2D eigenvalue weighted by atomic mass is 35.5. The van der Waals surface area contributed by atoms with Gasteiger partial charge in [0.2, 0.25) is 11.8 Å². The summed E-state index contributed by atoms with van der Waals surface area (Å²) in [5, 5.41) is 10.7. The molecule has 0 saturated heterocycles. The van der Waals surface area contributed by atoms with Crippen molar-refractivity contribution in [1.29, 1.82) is 0 Å². The molecular formula is C22H24ClN5O3. The SMILES string of the molecule is COc1cccc(NC(=O)CN(C)CC(=O)Nc2cc(-c3ccc(Cl)cc3)nn2C)c1. The van der Waals surface area contributed by atoms with Crippen molar-refractivity contribution >= 4 is 34.9 Å². The van der Waals surface area contributed by atoms with E-state index in [1.54, 1.807) is 73.3 Å². The molecule has 9 heteroatoms. The Morgan fingerprint density at radius 1 is 1.06 bits per heavy atom. The second-order valence-corrected chi connectivity index (χ2v) is 7.48. The van der Waals surface area contributed by atoms with Gasteiger partial charge in [-0.25, -0.2) is 0 Å². The van der Waals surface area contributed by atoms with E-state index in [0.29, 0.717) is 22.3 Å². The Balaban J connectivity index is 1.53. The van der Waals surface area contributed by atoms with Crippen molar-refractivity contribution in [2.45, 2.75) is 0 Å². The van der Waals surface area contributed by atoms with Crippen LogP contribution in [0.15, 0.2) is 54.6 Å². The van der Waals surface area contributed by atoms with Gasteiger partial charge < -0.3 is 15.4 Å². The molecule has 3 rings (SSSR count).